The van der Waals surface area contributed by atoms with Crippen molar-refractivity contribution in [3.8, 4) is 5.75 Å². The van der Waals surface area contributed by atoms with E-state index in [-0.39, 0.29) is 5.78 Å². The topological polar surface area (TPSA) is 26.3 Å². The first-order chi connectivity index (χ1) is 10.2. The monoisotopic (exact) mass is 340 g/mol. The number of rotatable bonds is 3. The molecule has 3 aromatic rings. The average molecular weight is 341 g/mol. The maximum Gasteiger partial charge on any atom is 0.193 e. The molecule has 0 saturated carbocycles. The minimum absolute atomic E-state index is 0.00119. The molecule has 2 nitrogen and oxygen atoms in total. The first kappa shape index (κ1) is 13.8. The van der Waals surface area contributed by atoms with Crippen molar-refractivity contribution in [3.63, 3.8) is 0 Å². The Hall–Kier alpha value is -2.13. The van der Waals surface area contributed by atoms with E-state index < -0.39 is 0 Å². The molecule has 0 saturated heterocycles. The molecule has 0 aliphatic rings. The van der Waals surface area contributed by atoms with Crippen molar-refractivity contribution in [1.29, 1.82) is 0 Å². The minimum atomic E-state index is -0.00119. The lowest BCUT2D eigenvalue weighted by Crippen LogP contribution is -2.01. The highest BCUT2D eigenvalue weighted by Crippen LogP contribution is 2.23. The predicted octanol–water partition coefficient (Wildman–Crippen LogP) is 4.84. The van der Waals surface area contributed by atoms with Gasteiger partial charge in [0.2, 0.25) is 0 Å². The van der Waals surface area contributed by atoms with Gasteiger partial charge in [-0.3, -0.25) is 4.79 Å². The quantitative estimate of drug-likeness (QED) is 0.637. The van der Waals surface area contributed by atoms with Gasteiger partial charge in [0.25, 0.3) is 0 Å². The number of ketones is 1. The molecule has 104 valence electrons. The second-order valence-corrected chi connectivity index (χ2v) is 5.68. The van der Waals surface area contributed by atoms with E-state index >= 15 is 0 Å². The minimum Gasteiger partial charge on any atom is -0.497 e. The number of hydrogen-bond donors (Lipinski definition) is 0. The van der Waals surface area contributed by atoms with E-state index in [0.717, 1.165) is 15.2 Å². The fourth-order valence-electron chi connectivity index (χ4n) is 2.29. The Kier molecular flexibility index (Phi) is 3.76. The van der Waals surface area contributed by atoms with Gasteiger partial charge in [-0.05, 0) is 41.1 Å². The maximum absolute atomic E-state index is 12.6. The van der Waals surface area contributed by atoms with Crippen LogP contribution in [0.4, 0.5) is 0 Å². The van der Waals surface area contributed by atoms with Gasteiger partial charge in [-0.1, -0.05) is 46.3 Å². The summed E-state index contributed by atoms with van der Waals surface area (Å²) in [5, 5.41) is 2.15. The molecule has 3 heteroatoms. The average Bonchev–Trinajstić information content (AvgIpc) is 2.53. The van der Waals surface area contributed by atoms with Crippen molar-refractivity contribution in [1.82, 2.24) is 0 Å². The summed E-state index contributed by atoms with van der Waals surface area (Å²) in [5.41, 5.74) is 1.31. The summed E-state index contributed by atoms with van der Waals surface area (Å²) in [7, 11) is 1.59. The lowest BCUT2D eigenvalue weighted by Gasteiger charge is -2.06. The van der Waals surface area contributed by atoms with E-state index in [0.29, 0.717) is 16.9 Å². The van der Waals surface area contributed by atoms with Crippen LogP contribution in [-0.2, 0) is 0 Å². The Morgan fingerprint density at radius 2 is 1.62 bits per heavy atom. The van der Waals surface area contributed by atoms with Gasteiger partial charge in [-0.25, -0.2) is 0 Å². The largest absolute Gasteiger partial charge is 0.497 e. The van der Waals surface area contributed by atoms with Crippen molar-refractivity contribution in [2.24, 2.45) is 0 Å². The Morgan fingerprint density at radius 1 is 0.905 bits per heavy atom. The SMILES string of the molecule is COc1cccc(C(=O)c2ccc3cc(Br)ccc3c2)c1. The molecule has 0 amide bonds. The number of fused-ring (bicyclic) bond motifs is 1. The van der Waals surface area contributed by atoms with Crippen LogP contribution in [0.15, 0.2) is 65.1 Å². The number of carbonyl (C=O) groups is 1. The highest BCUT2D eigenvalue weighted by Gasteiger charge is 2.10. The zero-order valence-electron chi connectivity index (χ0n) is 11.5. The zero-order chi connectivity index (χ0) is 14.8. The number of ether oxygens (including phenoxy) is 1. The Labute approximate surface area is 131 Å². The van der Waals surface area contributed by atoms with Gasteiger partial charge in [0.15, 0.2) is 5.78 Å². The molecule has 0 N–H and O–H groups in total. The van der Waals surface area contributed by atoms with Gasteiger partial charge in [0.1, 0.15) is 5.75 Å². The third kappa shape index (κ3) is 2.83. The van der Waals surface area contributed by atoms with Crippen LogP contribution in [0.25, 0.3) is 10.8 Å². The summed E-state index contributed by atoms with van der Waals surface area (Å²) < 4.78 is 6.20. The van der Waals surface area contributed by atoms with Gasteiger partial charge >= 0.3 is 0 Å². The molecule has 0 unspecified atom stereocenters. The number of hydrogen-bond acceptors (Lipinski definition) is 2. The Balaban J connectivity index is 2.02. The third-order valence-corrected chi connectivity index (χ3v) is 3.89. The fourth-order valence-corrected chi connectivity index (χ4v) is 2.67. The molecule has 0 aromatic heterocycles. The van der Waals surface area contributed by atoms with Crippen molar-refractivity contribution in [2.45, 2.75) is 0 Å². The summed E-state index contributed by atoms with van der Waals surface area (Å²) in [6.07, 6.45) is 0. The van der Waals surface area contributed by atoms with Gasteiger partial charge < -0.3 is 4.74 Å². The first-order valence-corrected chi connectivity index (χ1v) is 7.35. The van der Waals surface area contributed by atoms with Crippen LogP contribution in [0.1, 0.15) is 15.9 Å². The van der Waals surface area contributed by atoms with Crippen LogP contribution in [-0.4, -0.2) is 12.9 Å². The van der Waals surface area contributed by atoms with Gasteiger partial charge in [0.05, 0.1) is 7.11 Å². The smallest absolute Gasteiger partial charge is 0.193 e. The summed E-state index contributed by atoms with van der Waals surface area (Å²) >= 11 is 3.45. The number of carbonyl (C=O) groups excluding carboxylic acids is 1. The van der Waals surface area contributed by atoms with Gasteiger partial charge in [-0.15, -0.1) is 0 Å². The molecule has 3 rings (SSSR count). The molecular formula is C18H13BrO2. The zero-order valence-corrected chi connectivity index (χ0v) is 13.1. The first-order valence-electron chi connectivity index (χ1n) is 6.55. The molecule has 21 heavy (non-hydrogen) atoms. The van der Waals surface area contributed by atoms with Crippen molar-refractivity contribution >= 4 is 32.5 Å². The van der Waals surface area contributed by atoms with Crippen LogP contribution < -0.4 is 4.74 Å². The second-order valence-electron chi connectivity index (χ2n) is 4.77. The van der Waals surface area contributed by atoms with Crippen LogP contribution in [0.5, 0.6) is 5.75 Å². The molecular weight excluding hydrogens is 328 g/mol. The lowest BCUT2D eigenvalue weighted by molar-refractivity contribution is 0.103. The third-order valence-electron chi connectivity index (χ3n) is 3.40. The maximum atomic E-state index is 12.6. The normalized spacial score (nSPS) is 10.6. The molecule has 0 spiro atoms. The van der Waals surface area contributed by atoms with Gasteiger partial charge in [0, 0.05) is 15.6 Å². The van der Waals surface area contributed by atoms with E-state index in [1.807, 2.05) is 48.5 Å². The van der Waals surface area contributed by atoms with Crippen molar-refractivity contribution in [3.05, 3.63) is 76.3 Å². The van der Waals surface area contributed by atoms with E-state index in [1.165, 1.54) is 0 Å². The highest BCUT2D eigenvalue weighted by molar-refractivity contribution is 9.10. The van der Waals surface area contributed by atoms with E-state index in [1.54, 1.807) is 19.2 Å². The number of benzene rings is 3. The Morgan fingerprint density at radius 3 is 2.43 bits per heavy atom. The molecule has 0 atom stereocenters. The standard InChI is InChI=1S/C18H13BrO2/c1-21-17-4-2-3-14(11-17)18(20)15-6-5-13-10-16(19)8-7-12(13)9-15/h2-11H,1H3. The summed E-state index contributed by atoms with van der Waals surface area (Å²) in [5.74, 6) is 0.685. The van der Waals surface area contributed by atoms with Crippen LogP contribution in [0.3, 0.4) is 0 Å². The fraction of sp³-hybridized carbons (Fsp3) is 0.0556. The van der Waals surface area contributed by atoms with Gasteiger partial charge in [-0.2, -0.15) is 0 Å². The van der Waals surface area contributed by atoms with Crippen LogP contribution in [0, 0.1) is 0 Å². The molecule has 0 aliphatic carbocycles. The van der Waals surface area contributed by atoms with E-state index in [2.05, 4.69) is 15.9 Å². The Bertz CT molecular complexity index is 824. The molecule has 0 heterocycles. The lowest BCUT2D eigenvalue weighted by atomic mass is 10.00. The molecule has 0 bridgehead atoms. The van der Waals surface area contributed by atoms with Crippen molar-refractivity contribution in [2.75, 3.05) is 7.11 Å². The number of methoxy groups -OCH3 is 1. The predicted molar refractivity (Wildman–Crippen MR) is 88.1 cm³/mol. The molecule has 3 aromatic carbocycles. The molecule has 0 radical (unpaired) electrons. The van der Waals surface area contributed by atoms with E-state index in [9.17, 15) is 4.79 Å². The number of halogens is 1. The van der Waals surface area contributed by atoms with Crippen LogP contribution >= 0.6 is 15.9 Å². The summed E-state index contributed by atoms with van der Waals surface area (Å²) in [6.45, 7) is 0. The highest BCUT2D eigenvalue weighted by atomic mass is 79.9. The second kappa shape index (κ2) is 5.70. The molecule has 0 fully saturated rings. The summed E-state index contributed by atoms with van der Waals surface area (Å²) in [4.78, 5) is 12.6. The van der Waals surface area contributed by atoms with Crippen molar-refractivity contribution < 1.29 is 9.53 Å². The van der Waals surface area contributed by atoms with E-state index in [4.69, 9.17) is 4.74 Å². The molecule has 0 aliphatic heterocycles. The summed E-state index contributed by atoms with van der Waals surface area (Å²) in [6, 6.07) is 19.0. The van der Waals surface area contributed by atoms with Crippen LogP contribution in [0.2, 0.25) is 0 Å².